The fourth-order valence-corrected chi connectivity index (χ4v) is 1.12. The fraction of sp³-hybridized carbons (Fsp3) is 0.455. The largest absolute Gasteiger partial charge is 0.488 e. The topological polar surface area (TPSA) is 18.5 Å². The Hall–Kier alpha value is -1.30. The maximum absolute atomic E-state index is 13.1. The first-order valence-corrected chi connectivity index (χ1v) is 4.92. The molecule has 0 saturated heterocycles. The summed E-state index contributed by atoms with van der Waals surface area (Å²) in [5.41, 5.74) is 0.803. The Morgan fingerprint density at radius 1 is 1.18 bits per heavy atom. The summed E-state index contributed by atoms with van der Waals surface area (Å²) in [6.07, 6.45) is -4.35. The quantitative estimate of drug-likeness (QED) is 0.592. The highest BCUT2D eigenvalue weighted by Gasteiger charge is 2.27. The van der Waals surface area contributed by atoms with Gasteiger partial charge >= 0.3 is 6.18 Å². The van der Waals surface area contributed by atoms with Crippen molar-refractivity contribution in [1.29, 1.82) is 0 Å². The first kappa shape index (κ1) is 13.8. The van der Waals surface area contributed by atoms with Gasteiger partial charge < -0.3 is 9.47 Å². The first-order chi connectivity index (χ1) is 7.88. The van der Waals surface area contributed by atoms with Gasteiger partial charge in [0.15, 0.2) is 11.6 Å². The van der Waals surface area contributed by atoms with Gasteiger partial charge in [-0.05, 0) is 24.6 Å². The Bertz CT molecular complexity index is 363. The lowest BCUT2D eigenvalue weighted by atomic mass is 10.2. The Labute approximate surface area is 96.1 Å². The Morgan fingerprint density at radius 2 is 1.88 bits per heavy atom. The second kappa shape index (κ2) is 5.86. The van der Waals surface area contributed by atoms with Gasteiger partial charge in [0, 0.05) is 0 Å². The van der Waals surface area contributed by atoms with Crippen molar-refractivity contribution in [3.05, 3.63) is 29.6 Å². The normalized spacial score (nSPS) is 11.6. The number of hydrogen-bond acceptors (Lipinski definition) is 2. The van der Waals surface area contributed by atoms with E-state index in [9.17, 15) is 17.6 Å². The predicted molar refractivity (Wildman–Crippen MR) is 53.5 cm³/mol. The molecule has 0 atom stereocenters. The third-order valence-corrected chi connectivity index (χ3v) is 1.84. The van der Waals surface area contributed by atoms with Crippen molar-refractivity contribution in [3.8, 4) is 5.75 Å². The minimum absolute atomic E-state index is 0.0145. The van der Waals surface area contributed by atoms with Gasteiger partial charge in [-0.2, -0.15) is 13.2 Å². The second-order valence-electron chi connectivity index (χ2n) is 3.45. The van der Waals surface area contributed by atoms with Gasteiger partial charge in [-0.3, -0.25) is 0 Å². The summed E-state index contributed by atoms with van der Waals surface area (Å²) in [6.45, 7) is 0.0580. The lowest BCUT2D eigenvalue weighted by Crippen LogP contribution is -2.19. The minimum Gasteiger partial charge on any atom is -0.488 e. The van der Waals surface area contributed by atoms with E-state index in [0.717, 1.165) is 5.56 Å². The molecule has 17 heavy (non-hydrogen) atoms. The Kier molecular flexibility index (Phi) is 4.74. The van der Waals surface area contributed by atoms with Crippen LogP contribution in [-0.4, -0.2) is 26.0 Å². The monoisotopic (exact) mass is 252 g/mol. The number of alkyl halides is 3. The molecule has 0 spiro atoms. The maximum Gasteiger partial charge on any atom is 0.411 e. The van der Waals surface area contributed by atoms with Crippen molar-refractivity contribution in [1.82, 2.24) is 0 Å². The van der Waals surface area contributed by atoms with Crippen LogP contribution in [0, 0.1) is 12.7 Å². The molecule has 0 radical (unpaired) electrons. The average molecular weight is 252 g/mol. The van der Waals surface area contributed by atoms with Crippen LogP contribution in [0.2, 0.25) is 0 Å². The van der Waals surface area contributed by atoms with Crippen molar-refractivity contribution < 1.29 is 27.0 Å². The van der Waals surface area contributed by atoms with Crippen LogP contribution in [0.5, 0.6) is 5.75 Å². The highest BCUT2D eigenvalue weighted by atomic mass is 19.4. The molecule has 0 saturated carbocycles. The van der Waals surface area contributed by atoms with E-state index in [4.69, 9.17) is 4.74 Å². The molecule has 0 N–H and O–H groups in total. The zero-order valence-corrected chi connectivity index (χ0v) is 9.18. The molecule has 0 unspecified atom stereocenters. The van der Waals surface area contributed by atoms with E-state index >= 15 is 0 Å². The van der Waals surface area contributed by atoms with Crippen molar-refractivity contribution in [2.24, 2.45) is 0 Å². The molecule has 6 heteroatoms. The molecule has 0 fully saturated rings. The van der Waals surface area contributed by atoms with E-state index in [2.05, 4.69) is 4.74 Å². The molecule has 1 rings (SSSR count). The van der Waals surface area contributed by atoms with Crippen LogP contribution in [0.25, 0.3) is 0 Å². The van der Waals surface area contributed by atoms with Crippen molar-refractivity contribution in [2.45, 2.75) is 13.1 Å². The number of ether oxygens (including phenoxy) is 2. The van der Waals surface area contributed by atoms with E-state index < -0.39 is 18.6 Å². The number of rotatable bonds is 5. The lowest BCUT2D eigenvalue weighted by molar-refractivity contribution is -0.175. The van der Waals surface area contributed by atoms with Crippen molar-refractivity contribution in [2.75, 3.05) is 19.8 Å². The first-order valence-electron chi connectivity index (χ1n) is 4.92. The van der Waals surface area contributed by atoms with Crippen molar-refractivity contribution >= 4 is 0 Å². The fourth-order valence-electron chi connectivity index (χ4n) is 1.12. The van der Waals surface area contributed by atoms with Crippen LogP contribution in [0.15, 0.2) is 18.2 Å². The van der Waals surface area contributed by atoms with Crippen LogP contribution in [0.4, 0.5) is 17.6 Å². The zero-order chi connectivity index (χ0) is 12.9. The molecule has 0 bridgehead atoms. The van der Waals surface area contributed by atoms with Gasteiger partial charge in [-0.25, -0.2) is 4.39 Å². The molecular weight excluding hydrogens is 240 g/mol. The van der Waals surface area contributed by atoms with Gasteiger partial charge in [0.25, 0.3) is 0 Å². The molecule has 0 aliphatic rings. The van der Waals surface area contributed by atoms with E-state index in [1.807, 2.05) is 0 Å². The molecule has 2 nitrogen and oxygen atoms in total. The summed E-state index contributed by atoms with van der Waals surface area (Å²) >= 11 is 0. The summed E-state index contributed by atoms with van der Waals surface area (Å²) < 4.78 is 57.5. The summed E-state index contributed by atoms with van der Waals surface area (Å²) in [6, 6.07) is 4.28. The minimum atomic E-state index is -4.35. The highest BCUT2D eigenvalue weighted by Crippen LogP contribution is 2.18. The van der Waals surface area contributed by atoms with Crippen LogP contribution in [0.1, 0.15) is 5.56 Å². The van der Waals surface area contributed by atoms with Crippen molar-refractivity contribution in [3.63, 3.8) is 0 Å². The van der Waals surface area contributed by atoms with Gasteiger partial charge in [0.05, 0.1) is 6.61 Å². The summed E-state index contributed by atoms with van der Waals surface area (Å²) in [5.74, 6) is -0.535. The molecule has 0 amide bonds. The summed E-state index contributed by atoms with van der Waals surface area (Å²) in [5, 5.41) is 0. The SMILES string of the molecule is Cc1ccc(F)c(OCCOCC(F)(F)F)c1. The van der Waals surface area contributed by atoms with Crippen LogP contribution < -0.4 is 4.74 Å². The number of benzene rings is 1. The van der Waals surface area contributed by atoms with Gasteiger partial charge in [-0.15, -0.1) is 0 Å². The molecule has 1 aromatic carbocycles. The maximum atomic E-state index is 13.1. The van der Waals surface area contributed by atoms with E-state index in [-0.39, 0.29) is 19.0 Å². The lowest BCUT2D eigenvalue weighted by Gasteiger charge is -2.09. The molecular formula is C11H12F4O2. The number of aryl methyl sites for hydroxylation is 1. The molecule has 96 valence electrons. The molecule has 0 aliphatic heterocycles. The Balaban J connectivity index is 2.29. The highest BCUT2D eigenvalue weighted by molar-refractivity contribution is 5.29. The predicted octanol–water partition coefficient (Wildman–Crippen LogP) is 3.09. The average Bonchev–Trinajstić information content (AvgIpc) is 2.21. The van der Waals surface area contributed by atoms with Crippen LogP contribution in [0.3, 0.4) is 0 Å². The van der Waals surface area contributed by atoms with Crippen LogP contribution in [-0.2, 0) is 4.74 Å². The van der Waals surface area contributed by atoms with Crippen LogP contribution >= 0.6 is 0 Å². The smallest absolute Gasteiger partial charge is 0.411 e. The third kappa shape index (κ3) is 5.53. The molecule has 0 aliphatic carbocycles. The second-order valence-corrected chi connectivity index (χ2v) is 3.45. The summed E-state index contributed by atoms with van der Waals surface area (Å²) in [7, 11) is 0. The number of halogens is 4. The third-order valence-electron chi connectivity index (χ3n) is 1.84. The Morgan fingerprint density at radius 3 is 2.53 bits per heavy atom. The van der Waals surface area contributed by atoms with E-state index in [0.29, 0.717) is 0 Å². The zero-order valence-electron chi connectivity index (χ0n) is 9.18. The van der Waals surface area contributed by atoms with E-state index in [1.54, 1.807) is 13.0 Å². The molecule has 0 aromatic heterocycles. The van der Waals surface area contributed by atoms with Gasteiger partial charge in [-0.1, -0.05) is 6.07 Å². The van der Waals surface area contributed by atoms with Gasteiger partial charge in [0.2, 0.25) is 0 Å². The molecule has 0 heterocycles. The van der Waals surface area contributed by atoms with E-state index in [1.165, 1.54) is 12.1 Å². The molecule has 1 aromatic rings. The summed E-state index contributed by atoms with van der Waals surface area (Å²) in [4.78, 5) is 0. The van der Waals surface area contributed by atoms with Gasteiger partial charge in [0.1, 0.15) is 13.2 Å². The standard InChI is InChI=1S/C11H12F4O2/c1-8-2-3-9(12)10(6-8)17-5-4-16-7-11(13,14)15/h2-3,6H,4-5,7H2,1H3. The number of hydrogen-bond donors (Lipinski definition) is 0.